The molecule has 0 aliphatic carbocycles. The van der Waals surface area contributed by atoms with E-state index in [1.807, 2.05) is 0 Å². The van der Waals surface area contributed by atoms with Gasteiger partial charge in [0.1, 0.15) is 18.1 Å². The average molecular weight is 219 g/mol. The molecule has 16 heavy (non-hydrogen) atoms. The summed E-state index contributed by atoms with van der Waals surface area (Å²) in [5.74, 6) is 0.567. The molecule has 0 bridgehead atoms. The van der Waals surface area contributed by atoms with E-state index in [4.69, 9.17) is 9.68 Å². The number of hydrogen-bond acceptors (Lipinski definition) is 4. The lowest BCUT2D eigenvalue weighted by Crippen LogP contribution is -2.52. The van der Waals surface area contributed by atoms with Crippen LogP contribution in [0, 0.1) is 18.3 Å². The topological polar surface area (TPSA) is 69.3 Å². The van der Waals surface area contributed by atoms with E-state index in [-0.39, 0.29) is 5.91 Å². The van der Waals surface area contributed by atoms with Crippen LogP contribution in [0.3, 0.4) is 0 Å². The summed E-state index contributed by atoms with van der Waals surface area (Å²) < 4.78 is 5.10. The van der Waals surface area contributed by atoms with Crippen LogP contribution >= 0.6 is 0 Å². The molecule has 1 aliphatic rings. The molecule has 5 heteroatoms. The fraction of sp³-hybridized carbons (Fsp3) is 0.455. The molecule has 1 unspecified atom stereocenters. The van der Waals surface area contributed by atoms with Crippen LogP contribution in [0.25, 0.3) is 0 Å². The Morgan fingerprint density at radius 1 is 1.75 bits per heavy atom. The monoisotopic (exact) mass is 219 g/mol. The van der Waals surface area contributed by atoms with Crippen LogP contribution in [0.2, 0.25) is 0 Å². The Bertz CT molecular complexity index is 433. The molecule has 1 saturated heterocycles. The number of amides is 1. The van der Waals surface area contributed by atoms with Crippen molar-refractivity contribution in [1.82, 2.24) is 10.2 Å². The van der Waals surface area contributed by atoms with Gasteiger partial charge < -0.3 is 14.6 Å². The first-order valence-electron chi connectivity index (χ1n) is 5.19. The Morgan fingerprint density at radius 2 is 2.56 bits per heavy atom. The standard InChI is InChI=1S/C11H13N3O2/c1-8-4-9(7-16-8)11(15)14-3-2-13-6-10(14)5-12/h4,7,10,13H,2-3,6H2,1H3. The van der Waals surface area contributed by atoms with Crippen molar-refractivity contribution in [3.05, 3.63) is 23.7 Å². The fourth-order valence-electron chi connectivity index (χ4n) is 1.78. The molecule has 1 aromatic rings. The van der Waals surface area contributed by atoms with Crippen molar-refractivity contribution >= 4 is 5.91 Å². The number of nitriles is 1. The normalized spacial score (nSPS) is 20.5. The molecule has 5 nitrogen and oxygen atoms in total. The van der Waals surface area contributed by atoms with E-state index in [2.05, 4.69) is 11.4 Å². The lowest BCUT2D eigenvalue weighted by Gasteiger charge is -2.31. The lowest BCUT2D eigenvalue weighted by atomic mass is 10.1. The second-order valence-corrected chi connectivity index (χ2v) is 3.79. The summed E-state index contributed by atoms with van der Waals surface area (Å²) in [7, 11) is 0. The van der Waals surface area contributed by atoms with Gasteiger partial charge in [0, 0.05) is 19.6 Å². The number of furan rings is 1. The molecule has 2 heterocycles. The second-order valence-electron chi connectivity index (χ2n) is 3.79. The van der Waals surface area contributed by atoms with Gasteiger partial charge in [0.2, 0.25) is 0 Å². The highest BCUT2D eigenvalue weighted by Gasteiger charge is 2.27. The number of aryl methyl sites for hydroxylation is 1. The third-order valence-corrected chi connectivity index (χ3v) is 2.63. The number of carbonyl (C=O) groups excluding carboxylic acids is 1. The summed E-state index contributed by atoms with van der Waals surface area (Å²) in [5, 5.41) is 12.0. The largest absolute Gasteiger partial charge is 0.469 e. The van der Waals surface area contributed by atoms with Crippen LogP contribution in [-0.4, -0.2) is 36.5 Å². The van der Waals surface area contributed by atoms with Crippen LogP contribution in [0.4, 0.5) is 0 Å². The minimum Gasteiger partial charge on any atom is -0.469 e. The average Bonchev–Trinajstić information content (AvgIpc) is 2.75. The maximum absolute atomic E-state index is 12.1. The third kappa shape index (κ3) is 1.92. The first kappa shape index (κ1) is 10.7. The first-order valence-corrected chi connectivity index (χ1v) is 5.19. The van der Waals surface area contributed by atoms with Crippen molar-refractivity contribution in [2.75, 3.05) is 19.6 Å². The van der Waals surface area contributed by atoms with E-state index in [0.29, 0.717) is 24.4 Å². The fourth-order valence-corrected chi connectivity index (χ4v) is 1.78. The van der Waals surface area contributed by atoms with E-state index in [0.717, 1.165) is 6.54 Å². The predicted molar refractivity (Wildman–Crippen MR) is 56.8 cm³/mol. The molecular weight excluding hydrogens is 206 g/mol. The van der Waals surface area contributed by atoms with Crippen molar-refractivity contribution in [2.24, 2.45) is 0 Å². The van der Waals surface area contributed by atoms with Gasteiger partial charge >= 0.3 is 0 Å². The molecule has 1 aromatic heterocycles. The van der Waals surface area contributed by atoms with E-state index in [1.165, 1.54) is 6.26 Å². The molecule has 0 saturated carbocycles. The highest BCUT2D eigenvalue weighted by Crippen LogP contribution is 2.13. The zero-order valence-electron chi connectivity index (χ0n) is 9.06. The molecule has 1 fully saturated rings. The third-order valence-electron chi connectivity index (χ3n) is 2.63. The molecule has 0 radical (unpaired) electrons. The summed E-state index contributed by atoms with van der Waals surface area (Å²) in [6.45, 7) is 3.59. The van der Waals surface area contributed by atoms with Crippen molar-refractivity contribution in [1.29, 1.82) is 5.26 Å². The molecule has 0 spiro atoms. The Hall–Kier alpha value is -1.80. The second kappa shape index (κ2) is 4.37. The molecule has 1 amide bonds. The van der Waals surface area contributed by atoms with Crippen LogP contribution in [0.5, 0.6) is 0 Å². The first-order chi connectivity index (χ1) is 7.72. The summed E-state index contributed by atoms with van der Waals surface area (Å²) in [6.07, 6.45) is 1.44. The highest BCUT2D eigenvalue weighted by atomic mass is 16.3. The molecule has 0 aromatic carbocycles. The predicted octanol–water partition coefficient (Wildman–Crippen LogP) is 0.526. The Balaban J connectivity index is 2.17. The van der Waals surface area contributed by atoms with Crippen molar-refractivity contribution < 1.29 is 9.21 Å². The van der Waals surface area contributed by atoms with Crippen molar-refractivity contribution in [3.8, 4) is 6.07 Å². The Kier molecular flexibility index (Phi) is 2.93. The molecule has 1 N–H and O–H groups in total. The quantitative estimate of drug-likeness (QED) is 0.747. The van der Waals surface area contributed by atoms with Crippen LogP contribution in [0.15, 0.2) is 16.7 Å². The minimum atomic E-state index is -0.392. The van der Waals surface area contributed by atoms with E-state index in [1.54, 1.807) is 17.9 Å². The minimum absolute atomic E-state index is 0.134. The Labute approximate surface area is 93.6 Å². The number of rotatable bonds is 1. The molecule has 1 atom stereocenters. The maximum atomic E-state index is 12.1. The SMILES string of the molecule is Cc1cc(C(=O)N2CCNCC2C#N)co1. The van der Waals surface area contributed by atoms with Crippen molar-refractivity contribution in [3.63, 3.8) is 0 Å². The van der Waals surface area contributed by atoms with Crippen molar-refractivity contribution in [2.45, 2.75) is 13.0 Å². The summed E-state index contributed by atoms with van der Waals surface area (Å²) >= 11 is 0. The number of nitrogens with one attached hydrogen (secondary N) is 1. The van der Waals surface area contributed by atoms with Crippen LogP contribution in [-0.2, 0) is 0 Å². The van der Waals surface area contributed by atoms with Gasteiger partial charge in [0.25, 0.3) is 5.91 Å². The molecule has 84 valence electrons. The van der Waals surface area contributed by atoms with Gasteiger partial charge in [-0.25, -0.2) is 0 Å². The van der Waals surface area contributed by atoms with Gasteiger partial charge in [-0.3, -0.25) is 4.79 Å². The summed E-state index contributed by atoms with van der Waals surface area (Å²) in [5.41, 5.74) is 0.514. The van der Waals surface area contributed by atoms with E-state index >= 15 is 0 Å². The molecular formula is C11H13N3O2. The highest BCUT2D eigenvalue weighted by molar-refractivity contribution is 5.94. The van der Waals surface area contributed by atoms with E-state index in [9.17, 15) is 4.79 Å². The summed E-state index contributed by atoms with van der Waals surface area (Å²) in [6, 6.07) is 3.42. The van der Waals surface area contributed by atoms with Gasteiger partial charge in [0.15, 0.2) is 0 Å². The van der Waals surface area contributed by atoms with Gasteiger partial charge in [0.05, 0.1) is 11.6 Å². The zero-order chi connectivity index (χ0) is 11.5. The van der Waals surface area contributed by atoms with Crippen LogP contribution < -0.4 is 5.32 Å². The molecule has 2 rings (SSSR count). The van der Waals surface area contributed by atoms with Gasteiger partial charge in [-0.2, -0.15) is 5.26 Å². The molecule has 1 aliphatic heterocycles. The Morgan fingerprint density at radius 3 is 3.19 bits per heavy atom. The maximum Gasteiger partial charge on any atom is 0.258 e. The zero-order valence-corrected chi connectivity index (χ0v) is 9.06. The summed E-state index contributed by atoms with van der Waals surface area (Å²) in [4.78, 5) is 13.7. The number of nitrogens with zero attached hydrogens (tertiary/aromatic N) is 2. The van der Waals surface area contributed by atoms with Gasteiger partial charge in [-0.05, 0) is 13.0 Å². The lowest BCUT2D eigenvalue weighted by molar-refractivity contribution is 0.0686. The van der Waals surface area contributed by atoms with Crippen LogP contribution in [0.1, 0.15) is 16.1 Å². The number of carbonyl (C=O) groups is 1. The number of piperazine rings is 1. The van der Waals surface area contributed by atoms with Gasteiger partial charge in [-0.1, -0.05) is 0 Å². The number of hydrogen-bond donors (Lipinski definition) is 1. The van der Waals surface area contributed by atoms with E-state index < -0.39 is 6.04 Å². The smallest absolute Gasteiger partial charge is 0.258 e. The van der Waals surface area contributed by atoms with Gasteiger partial charge in [-0.15, -0.1) is 0 Å².